The van der Waals surface area contributed by atoms with Gasteiger partial charge in [-0.3, -0.25) is 4.79 Å². The number of hydrogen-bond acceptors (Lipinski definition) is 1. The molecule has 0 N–H and O–H groups in total. The van der Waals surface area contributed by atoms with Gasteiger partial charge in [0.05, 0.1) is 0 Å². The second kappa shape index (κ2) is 5.47. The van der Waals surface area contributed by atoms with Crippen molar-refractivity contribution in [3.8, 4) is 0 Å². The number of carbonyl (C=O) groups is 1. The van der Waals surface area contributed by atoms with Gasteiger partial charge < -0.3 is 0 Å². The van der Waals surface area contributed by atoms with Crippen LogP contribution < -0.4 is 0 Å². The van der Waals surface area contributed by atoms with Crippen molar-refractivity contribution in [2.45, 2.75) is 53.4 Å². The molecule has 0 aromatic rings. The molecule has 0 aliphatic heterocycles. The molecule has 0 radical (unpaired) electrons. The van der Waals surface area contributed by atoms with Gasteiger partial charge in [0.1, 0.15) is 0 Å². The molecule has 1 rings (SSSR count). The summed E-state index contributed by atoms with van der Waals surface area (Å²) in [6, 6.07) is 0. The Bertz CT molecular complexity index is 307. The summed E-state index contributed by atoms with van der Waals surface area (Å²) in [7, 11) is 0. The number of hydrogen-bond donors (Lipinski definition) is 0. The van der Waals surface area contributed by atoms with E-state index in [1.165, 1.54) is 5.57 Å². The highest BCUT2D eigenvalue weighted by Crippen LogP contribution is 2.26. The summed E-state index contributed by atoms with van der Waals surface area (Å²) in [5.74, 6) is 0.463. The highest BCUT2D eigenvalue weighted by atomic mass is 16.1. The Morgan fingerprint density at radius 1 is 1.38 bits per heavy atom. The number of ketones is 1. The van der Waals surface area contributed by atoms with Crippen LogP contribution in [0, 0.1) is 11.3 Å². The van der Waals surface area contributed by atoms with Crippen LogP contribution in [0.15, 0.2) is 23.8 Å². The molecule has 0 unspecified atom stereocenters. The van der Waals surface area contributed by atoms with Gasteiger partial charge in [0.15, 0.2) is 5.78 Å². The SMILES string of the molecule is C/C1=C\CC(C)(C)/C=C/C(=O)[C@H](C)CCC1. The molecule has 0 fully saturated rings. The van der Waals surface area contributed by atoms with E-state index in [4.69, 9.17) is 0 Å². The van der Waals surface area contributed by atoms with Crippen molar-refractivity contribution in [2.24, 2.45) is 11.3 Å². The quantitative estimate of drug-likeness (QED) is 0.556. The van der Waals surface area contributed by atoms with Crippen molar-refractivity contribution in [3.63, 3.8) is 0 Å². The fraction of sp³-hybridized carbons (Fsp3) is 0.667. The molecule has 0 saturated heterocycles. The molecular formula is C15H24O. The van der Waals surface area contributed by atoms with Crippen molar-refractivity contribution >= 4 is 5.78 Å². The molecule has 1 heteroatoms. The Hall–Kier alpha value is -0.850. The lowest BCUT2D eigenvalue weighted by Crippen LogP contribution is -2.10. The predicted molar refractivity (Wildman–Crippen MR) is 69.3 cm³/mol. The van der Waals surface area contributed by atoms with Crippen molar-refractivity contribution in [1.29, 1.82) is 0 Å². The molecule has 1 aliphatic rings. The van der Waals surface area contributed by atoms with Gasteiger partial charge in [-0.25, -0.2) is 0 Å². The first-order valence-electron chi connectivity index (χ1n) is 6.29. The van der Waals surface area contributed by atoms with E-state index < -0.39 is 0 Å². The zero-order chi connectivity index (χ0) is 12.2. The molecule has 0 spiro atoms. The molecular weight excluding hydrogens is 196 g/mol. The van der Waals surface area contributed by atoms with Crippen LogP contribution in [0.25, 0.3) is 0 Å². The van der Waals surface area contributed by atoms with Crippen molar-refractivity contribution in [1.82, 2.24) is 0 Å². The maximum Gasteiger partial charge on any atom is 0.158 e. The van der Waals surface area contributed by atoms with Gasteiger partial charge >= 0.3 is 0 Å². The van der Waals surface area contributed by atoms with Crippen molar-refractivity contribution in [2.75, 3.05) is 0 Å². The van der Waals surface area contributed by atoms with E-state index in [1.807, 2.05) is 6.92 Å². The van der Waals surface area contributed by atoms with Gasteiger partial charge in [-0.05, 0) is 44.1 Å². The normalized spacial score (nSPS) is 32.4. The van der Waals surface area contributed by atoms with Gasteiger partial charge in [0.25, 0.3) is 0 Å². The lowest BCUT2D eigenvalue weighted by atomic mass is 9.87. The minimum absolute atomic E-state index is 0.0982. The average molecular weight is 220 g/mol. The van der Waals surface area contributed by atoms with Crippen LogP contribution >= 0.6 is 0 Å². The van der Waals surface area contributed by atoms with Crippen LogP contribution in [0.5, 0.6) is 0 Å². The monoisotopic (exact) mass is 220 g/mol. The minimum atomic E-state index is 0.0982. The summed E-state index contributed by atoms with van der Waals surface area (Å²) in [4.78, 5) is 11.8. The average Bonchev–Trinajstić information content (AvgIpc) is 2.23. The summed E-state index contributed by atoms with van der Waals surface area (Å²) in [5.41, 5.74) is 1.56. The van der Waals surface area contributed by atoms with Crippen molar-refractivity contribution in [3.05, 3.63) is 23.8 Å². The maximum atomic E-state index is 11.8. The summed E-state index contributed by atoms with van der Waals surface area (Å²) in [6.07, 6.45) is 10.5. The third-order valence-corrected chi connectivity index (χ3v) is 3.37. The van der Waals surface area contributed by atoms with Crippen LogP contribution in [0.4, 0.5) is 0 Å². The zero-order valence-electron chi connectivity index (χ0n) is 11.0. The number of allylic oxidation sites excluding steroid dienone is 4. The molecule has 1 aliphatic carbocycles. The van der Waals surface area contributed by atoms with Crippen LogP contribution in [0.1, 0.15) is 53.4 Å². The molecule has 0 heterocycles. The predicted octanol–water partition coefficient (Wildman–Crippen LogP) is 4.29. The van der Waals surface area contributed by atoms with Gasteiger partial charge in [-0.1, -0.05) is 38.5 Å². The summed E-state index contributed by atoms with van der Waals surface area (Å²) in [5, 5.41) is 0. The lowest BCUT2D eigenvalue weighted by Gasteiger charge is -2.18. The van der Waals surface area contributed by atoms with Crippen LogP contribution in [-0.4, -0.2) is 5.78 Å². The van der Waals surface area contributed by atoms with Gasteiger partial charge in [-0.15, -0.1) is 0 Å². The van der Waals surface area contributed by atoms with E-state index >= 15 is 0 Å². The largest absolute Gasteiger partial charge is 0.295 e. The Morgan fingerprint density at radius 3 is 2.75 bits per heavy atom. The first-order valence-corrected chi connectivity index (χ1v) is 6.29. The maximum absolute atomic E-state index is 11.8. The third-order valence-electron chi connectivity index (χ3n) is 3.37. The Morgan fingerprint density at radius 2 is 2.06 bits per heavy atom. The number of carbonyl (C=O) groups excluding carboxylic acids is 1. The highest BCUT2D eigenvalue weighted by molar-refractivity contribution is 5.91. The van der Waals surface area contributed by atoms with Crippen molar-refractivity contribution < 1.29 is 4.79 Å². The Labute approximate surface area is 99.6 Å². The lowest BCUT2D eigenvalue weighted by molar-refractivity contribution is -0.118. The smallest absolute Gasteiger partial charge is 0.158 e. The van der Waals surface area contributed by atoms with E-state index in [0.717, 1.165) is 25.7 Å². The second-order valence-electron chi connectivity index (χ2n) is 5.77. The first-order chi connectivity index (χ1) is 7.41. The zero-order valence-corrected chi connectivity index (χ0v) is 11.0. The molecule has 1 nitrogen and oxygen atoms in total. The fourth-order valence-electron chi connectivity index (χ4n) is 1.91. The van der Waals surface area contributed by atoms with Crippen LogP contribution in [-0.2, 0) is 4.79 Å². The molecule has 16 heavy (non-hydrogen) atoms. The molecule has 1 atom stereocenters. The molecule has 0 aromatic heterocycles. The van der Waals surface area contributed by atoms with Gasteiger partial charge in [0, 0.05) is 5.92 Å². The summed E-state index contributed by atoms with van der Waals surface area (Å²) < 4.78 is 0. The van der Waals surface area contributed by atoms with E-state index in [0.29, 0.717) is 0 Å². The van der Waals surface area contributed by atoms with Crippen LogP contribution in [0.3, 0.4) is 0 Å². The molecule has 0 aromatic carbocycles. The molecule has 0 amide bonds. The Balaban J connectivity index is 2.83. The Kier molecular flexibility index (Phi) is 4.52. The minimum Gasteiger partial charge on any atom is -0.295 e. The molecule has 0 bridgehead atoms. The first kappa shape index (κ1) is 13.2. The van der Waals surface area contributed by atoms with E-state index in [9.17, 15) is 4.79 Å². The van der Waals surface area contributed by atoms with Crippen LogP contribution in [0.2, 0.25) is 0 Å². The van der Waals surface area contributed by atoms with E-state index in [-0.39, 0.29) is 17.1 Å². The van der Waals surface area contributed by atoms with Gasteiger partial charge in [-0.2, -0.15) is 0 Å². The summed E-state index contributed by atoms with van der Waals surface area (Å²) >= 11 is 0. The number of rotatable bonds is 0. The van der Waals surface area contributed by atoms with E-state index in [2.05, 4.69) is 32.9 Å². The standard InChI is InChI=1S/C15H24O/c1-12-6-5-7-13(2)14(16)9-11-15(3,4)10-8-12/h8-9,11,13H,5-7,10H2,1-4H3/b11-9+,12-8+/t13-/m1/s1. The topological polar surface area (TPSA) is 17.1 Å². The molecule has 0 saturated carbocycles. The fourth-order valence-corrected chi connectivity index (χ4v) is 1.91. The third kappa shape index (κ3) is 4.34. The molecule has 90 valence electrons. The second-order valence-corrected chi connectivity index (χ2v) is 5.77. The summed E-state index contributed by atoms with van der Waals surface area (Å²) in [6.45, 7) is 8.60. The highest BCUT2D eigenvalue weighted by Gasteiger charge is 2.16. The van der Waals surface area contributed by atoms with E-state index in [1.54, 1.807) is 6.08 Å². The van der Waals surface area contributed by atoms with Gasteiger partial charge in [0.2, 0.25) is 0 Å².